The second kappa shape index (κ2) is 2.30. The molecule has 0 N–H and O–H groups in total. The van der Waals surface area contributed by atoms with E-state index in [2.05, 4.69) is 21.5 Å². The van der Waals surface area contributed by atoms with Gasteiger partial charge in [0.15, 0.2) is 0 Å². The predicted molar refractivity (Wildman–Crippen MR) is 30.9 cm³/mol. The normalized spacial score (nSPS) is 9.00. The van der Waals surface area contributed by atoms with Crippen LogP contribution in [-0.2, 0) is 0 Å². The standard InChI is InChI=1S/C5H6N2O2/c1-3-4-6-7-5(8-2)9-4/h3H,1H2,2H3. The lowest BCUT2D eigenvalue weighted by Crippen LogP contribution is -1.79. The van der Waals surface area contributed by atoms with Gasteiger partial charge in [-0.1, -0.05) is 11.7 Å². The number of aromatic nitrogens is 2. The Morgan fingerprint density at radius 2 is 2.44 bits per heavy atom. The SMILES string of the molecule is C=Cc1nnc(OC)o1. The highest BCUT2D eigenvalue weighted by Gasteiger charge is 1.98. The fourth-order valence-corrected chi connectivity index (χ4v) is 0.385. The van der Waals surface area contributed by atoms with Crippen LogP contribution in [0.4, 0.5) is 0 Å². The van der Waals surface area contributed by atoms with Gasteiger partial charge in [0, 0.05) is 0 Å². The molecule has 48 valence electrons. The van der Waals surface area contributed by atoms with Crippen LogP contribution in [-0.4, -0.2) is 17.3 Å². The van der Waals surface area contributed by atoms with Gasteiger partial charge in [0.2, 0.25) is 5.89 Å². The van der Waals surface area contributed by atoms with Crippen molar-refractivity contribution in [3.63, 3.8) is 0 Å². The lowest BCUT2D eigenvalue weighted by Gasteiger charge is -1.83. The van der Waals surface area contributed by atoms with E-state index < -0.39 is 0 Å². The van der Waals surface area contributed by atoms with Crippen molar-refractivity contribution in [1.82, 2.24) is 10.2 Å². The Balaban J connectivity index is 2.86. The second-order valence-electron chi connectivity index (χ2n) is 1.31. The van der Waals surface area contributed by atoms with Gasteiger partial charge in [-0.25, -0.2) is 0 Å². The Labute approximate surface area is 52.2 Å². The summed E-state index contributed by atoms with van der Waals surface area (Å²) in [6.07, 6.45) is 1.61. The van der Waals surface area contributed by atoms with E-state index in [1.807, 2.05) is 0 Å². The first-order valence-corrected chi connectivity index (χ1v) is 2.36. The van der Waals surface area contributed by atoms with Gasteiger partial charge in [0.1, 0.15) is 0 Å². The Hall–Kier alpha value is -1.32. The van der Waals surface area contributed by atoms with Gasteiger partial charge >= 0.3 is 6.08 Å². The summed E-state index contributed by atoms with van der Waals surface area (Å²) in [5, 5.41) is 7.04. The van der Waals surface area contributed by atoms with Crippen LogP contribution in [0.1, 0.15) is 5.89 Å². The molecular formula is C5H6N2O2. The van der Waals surface area contributed by atoms with Crippen molar-refractivity contribution in [3.8, 4) is 6.08 Å². The molecule has 0 radical (unpaired) electrons. The maximum Gasteiger partial charge on any atom is 0.414 e. The summed E-state index contributed by atoms with van der Waals surface area (Å²) in [5.74, 6) is 0.367. The molecule has 0 aliphatic carbocycles. The molecule has 0 aliphatic rings. The highest BCUT2D eigenvalue weighted by atomic mass is 16.6. The lowest BCUT2D eigenvalue weighted by molar-refractivity contribution is 0.288. The number of nitrogens with zero attached hydrogens (tertiary/aromatic N) is 2. The fourth-order valence-electron chi connectivity index (χ4n) is 0.385. The highest BCUT2D eigenvalue weighted by molar-refractivity contribution is 5.32. The van der Waals surface area contributed by atoms with Crippen molar-refractivity contribution in [2.75, 3.05) is 7.11 Å². The average molecular weight is 126 g/mol. The summed E-state index contributed by atoms with van der Waals surface area (Å²) in [6.45, 7) is 3.43. The fraction of sp³-hybridized carbons (Fsp3) is 0.200. The highest BCUT2D eigenvalue weighted by Crippen LogP contribution is 2.06. The lowest BCUT2D eigenvalue weighted by atomic mass is 10.7. The number of hydrogen-bond donors (Lipinski definition) is 0. The van der Waals surface area contributed by atoms with Gasteiger partial charge in [-0.15, -0.1) is 5.10 Å². The molecule has 0 aromatic carbocycles. The Kier molecular flexibility index (Phi) is 1.48. The molecule has 0 aliphatic heterocycles. The van der Waals surface area contributed by atoms with Crippen LogP contribution in [0, 0.1) is 0 Å². The third-order valence-corrected chi connectivity index (χ3v) is 0.771. The van der Waals surface area contributed by atoms with Crippen LogP contribution < -0.4 is 4.74 Å². The van der Waals surface area contributed by atoms with Crippen LogP contribution in [0.25, 0.3) is 6.08 Å². The van der Waals surface area contributed by atoms with E-state index in [-0.39, 0.29) is 6.08 Å². The third-order valence-electron chi connectivity index (χ3n) is 0.771. The van der Waals surface area contributed by atoms with E-state index in [4.69, 9.17) is 4.42 Å². The van der Waals surface area contributed by atoms with Crippen LogP contribution in [0.3, 0.4) is 0 Å². The zero-order valence-corrected chi connectivity index (χ0v) is 5.00. The predicted octanol–water partition coefficient (Wildman–Crippen LogP) is 0.721. The number of ether oxygens (including phenoxy) is 1. The van der Waals surface area contributed by atoms with Crippen LogP contribution in [0.15, 0.2) is 11.0 Å². The van der Waals surface area contributed by atoms with Gasteiger partial charge in [0.05, 0.1) is 7.11 Å². The van der Waals surface area contributed by atoms with Gasteiger partial charge in [-0.2, -0.15) is 0 Å². The minimum atomic E-state index is 0.157. The number of methoxy groups -OCH3 is 1. The van der Waals surface area contributed by atoms with E-state index in [9.17, 15) is 0 Å². The van der Waals surface area contributed by atoms with Crippen molar-refractivity contribution in [2.24, 2.45) is 0 Å². The molecule has 0 amide bonds. The molecule has 0 saturated carbocycles. The van der Waals surface area contributed by atoms with Gasteiger partial charge in [0.25, 0.3) is 0 Å². The number of rotatable bonds is 2. The first-order chi connectivity index (χ1) is 4.36. The topological polar surface area (TPSA) is 48.2 Å². The second-order valence-corrected chi connectivity index (χ2v) is 1.31. The van der Waals surface area contributed by atoms with Crippen LogP contribution in [0.2, 0.25) is 0 Å². The molecule has 0 unspecified atom stereocenters. The van der Waals surface area contributed by atoms with E-state index in [0.29, 0.717) is 5.89 Å². The zero-order valence-electron chi connectivity index (χ0n) is 5.00. The molecule has 0 spiro atoms. The molecular weight excluding hydrogens is 120 g/mol. The molecule has 1 aromatic rings. The first-order valence-electron chi connectivity index (χ1n) is 2.36. The number of hydrogen-bond acceptors (Lipinski definition) is 4. The van der Waals surface area contributed by atoms with Gasteiger partial charge < -0.3 is 9.15 Å². The maximum absolute atomic E-state index is 4.82. The van der Waals surface area contributed by atoms with Crippen molar-refractivity contribution in [1.29, 1.82) is 0 Å². The average Bonchev–Trinajstić information content (AvgIpc) is 2.34. The van der Waals surface area contributed by atoms with Gasteiger partial charge in [-0.3, -0.25) is 0 Å². The van der Waals surface area contributed by atoms with Crippen molar-refractivity contribution < 1.29 is 9.15 Å². The van der Waals surface area contributed by atoms with E-state index in [0.717, 1.165) is 0 Å². The van der Waals surface area contributed by atoms with E-state index >= 15 is 0 Å². The summed E-state index contributed by atoms with van der Waals surface area (Å²) in [4.78, 5) is 0. The monoisotopic (exact) mass is 126 g/mol. The first kappa shape index (κ1) is 5.81. The molecule has 4 nitrogen and oxygen atoms in total. The molecule has 0 bridgehead atoms. The summed E-state index contributed by atoms with van der Waals surface area (Å²) in [7, 11) is 1.46. The summed E-state index contributed by atoms with van der Waals surface area (Å²) in [5.41, 5.74) is 0. The van der Waals surface area contributed by atoms with Crippen LogP contribution in [0.5, 0.6) is 6.08 Å². The van der Waals surface area contributed by atoms with Gasteiger partial charge in [-0.05, 0) is 6.08 Å². The molecule has 0 saturated heterocycles. The molecule has 1 heterocycles. The smallest absolute Gasteiger partial charge is 0.414 e. The Morgan fingerprint density at radius 3 is 2.78 bits per heavy atom. The Bertz CT molecular complexity index is 206. The molecule has 9 heavy (non-hydrogen) atoms. The zero-order chi connectivity index (χ0) is 6.69. The molecule has 1 aromatic heterocycles. The molecule has 1 rings (SSSR count). The maximum atomic E-state index is 4.82. The van der Waals surface area contributed by atoms with E-state index in [1.54, 1.807) is 0 Å². The molecule has 0 atom stereocenters. The summed E-state index contributed by atoms with van der Waals surface area (Å²) >= 11 is 0. The third kappa shape index (κ3) is 1.07. The van der Waals surface area contributed by atoms with Crippen molar-refractivity contribution >= 4 is 6.08 Å². The Morgan fingerprint density at radius 1 is 1.67 bits per heavy atom. The summed E-state index contributed by atoms with van der Waals surface area (Å²) in [6, 6.07) is 0. The minimum Gasteiger partial charge on any atom is -0.452 e. The van der Waals surface area contributed by atoms with Crippen molar-refractivity contribution in [2.45, 2.75) is 0 Å². The largest absolute Gasteiger partial charge is 0.452 e. The molecule has 4 heteroatoms. The minimum absolute atomic E-state index is 0.157. The van der Waals surface area contributed by atoms with Crippen LogP contribution >= 0.6 is 0 Å². The van der Waals surface area contributed by atoms with E-state index in [1.165, 1.54) is 13.2 Å². The molecule has 0 fully saturated rings. The van der Waals surface area contributed by atoms with Crippen molar-refractivity contribution in [3.05, 3.63) is 12.5 Å². The summed E-state index contributed by atoms with van der Waals surface area (Å²) < 4.78 is 9.43. The quantitative estimate of drug-likeness (QED) is 0.585.